The van der Waals surface area contributed by atoms with Gasteiger partial charge in [0, 0.05) is 18.8 Å². The minimum atomic E-state index is -4.61. The molecule has 0 bridgehead atoms. The maximum Gasteiger partial charge on any atom is 0.417 e. The minimum Gasteiger partial charge on any atom is -0.464 e. The molecule has 0 saturated heterocycles. The van der Waals surface area contributed by atoms with Crippen molar-refractivity contribution >= 4 is 22.6 Å². The summed E-state index contributed by atoms with van der Waals surface area (Å²) in [6.45, 7) is 4.95. The Hall–Kier alpha value is -3.10. The molecule has 2 heterocycles. The molecule has 0 aliphatic heterocycles. The van der Waals surface area contributed by atoms with Gasteiger partial charge in [0.05, 0.1) is 16.6 Å². The number of carbonyl (C=O) groups excluding carboxylic acids is 1. The van der Waals surface area contributed by atoms with E-state index in [-0.39, 0.29) is 22.6 Å². The lowest BCUT2D eigenvalue weighted by Crippen LogP contribution is -2.30. The molecular formula is C20H21F3N4O2. The number of ether oxygens (including phenoxy) is 1. The van der Waals surface area contributed by atoms with E-state index < -0.39 is 23.8 Å². The van der Waals surface area contributed by atoms with E-state index in [4.69, 9.17) is 4.74 Å². The SMILES string of the molecule is CCc1ccc(NC(=O)[C@@H](C)Oc2cc(C(F)(F)F)c3c(C)nn(C)c3n2)cc1. The lowest BCUT2D eigenvalue weighted by molar-refractivity contribution is -0.136. The molecule has 1 atom stereocenters. The van der Waals surface area contributed by atoms with Crippen LogP contribution in [0.4, 0.5) is 18.9 Å². The Labute approximate surface area is 165 Å². The molecule has 154 valence electrons. The molecule has 0 fully saturated rings. The van der Waals surface area contributed by atoms with Gasteiger partial charge in [0.1, 0.15) is 0 Å². The Balaban J connectivity index is 1.84. The summed E-state index contributed by atoms with van der Waals surface area (Å²) in [5.41, 5.74) is 1.05. The summed E-state index contributed by atoms with van der Waals surface area (Å²) in [6, 6.07) is 8.09. The number of anilines is 1. The van der Waals surface area contributed by atoms with Gasteiger partial charge < -0.3 is 10.1 Å². The molecule has 3 aromatic rings. The van der Waals surface area contributed by atoms with Crippen molar-refractivity contribution in [3.63, 3.8) is 0 Å². The standard InChI is InChI=1S/C20H21F3N4O2/c1-5-13-6-8-14(9-7-13)24-19(28)12(3)29-16-10-15(20(21,22)23)17-11(2)26-27(4)18(17)25-16/h6-10,12H,5H2,1-4H3,(H,24,28)/t12-/m1/s1. The maximum atomic E-state index is 13.5. The molecule has 1 amide bonds. The third-order valence-corrected chi connectivity index (χ3v) is 4.55. The van der Waals surface area contributed by atoms with Gasteiger partial charge in [-0.15, -0.1) is 0 Å². The first-order valence-electron chi connectivity index (χ1n) is 9.08. The molecule has 1 N–H and O–H groups in total. The zero-order valence-corrected chi connectivity index (χ0v) is 16.5. The number of hydrogen-bond donors (Lipinski definition) is 1. The summed E-state index contributed by atoms with van der Waals surface area (Å²) < 4.78 is 47.3. The topological polar surface area (TPSA) is 69.0 Å². The van der Waals surface area contributed by atoms with Crippen LogP contribution < -0.4 is 10.1 Å². The number of nitrogens with zero attached hydrogens (tertiary/aromatic N) is 3. The van der Waals surface area contributed by atoms with Crippen LogP contribution in [-0.4, -0.2) is 26.8 Å². The highest BCUT2D eigenvalue weighted by Crippen LogP contribution is 2.37. The zero-order chi connectivity index (χ0) is 21.3. The maximum absolute atomic E-state index is 13.5. The van der Waals surface area contributed by atoms with E-state index in [1.165, 1.54) is 25.6 Å². The van der Waals surface area contributed by atoms with Crippen LogP contribution in [0.15, 0.2) is 30.3 Å². The van der Waals surface area contributed by atoms with Gasteiger partial charge in [0.25, 0.3) is 5.91 Å². The molecule has 0 aliphatic carbocycles. The van der Waals surface area contributed by atoms with Crippen molar-refractivity contribution in [1.29, 1.82) is 0 Å². The first-order valence-corrected chi connectivity index (χ1v) is 9.08. The van der Waals surface area contributed by atoms with E-state index in [1.807, 2.05) is 19.1 Å². The van der Waals surface area contributed by atoms with Crippen LogP contribution in [0.2, 0.25) is 0 Å². The molecule has 6 nitrogen and oxygen atoms in total. The average molecular weight is 406 g/mol. The monoisotopic (exact) mass is 406 g/mol. The second-order valence-electron chi connectivity index (χ2n) is 6.71. The Morgan fingerprint density at radius 2 is 1.93 bits per heavy atom. The molecule has 0 aliphatic rings. The van der Waals surface area contributed by atoms with Crippen molar-refractivity contribution < 1.29 is 22.7 Å². The largest absolute Gasteiger partial charge is 0.464 e. The van der Waals surface area contributed by atoms with Crippen molar-refractivity contribution in [1.82, 2.24) is 14.8 Å². The van der Waals surface area contributed by atoms with Crippen molar-refractivity contribution in [2.75, 3.05) is 5.32 Å². The molecule has 0 spiro atoms. The van der Waals surface area contributed by atoms with E-state index in [0.717, 1.165) is 18.1 Å². The summed E-state index contributed by atoms with van der Waals surface area (Å²) in [5.74, 6) is -0.789. The lowest BCUT2D eigenvalue weighted by atomic mass is 10.1. The van der Waals surface area contributed by atoms with Crippen LogP contribution in [0.25, 0.3) is 11.0 Å². The molecule has 1 aromatic carbocycles. The second-order valence-corrected chi connectivity index (χ2v) is 6.71. The van der Waals surface area contributed by atoms with E-state index in [2.05, 4.69) is 15.4 Å². The summed E-state index contributed by atoms with van der Waals surface area (Å²) in [4.78, 5) is 16.5. The number of carbonyl (C=O) groups is 1. The molecule has 0 saturated carbocycles. The van der Waals surface area contributed by atoms with Crippen LogP contribution >= 0.6 is 0 Å². The molecule has 2 aromatic heterocycles. The third-order valence-electron chi connectivity index (χ3n) is 4.55. The molecule has 3 rings (SSSR count). The van der Waals surface area contributed by atoms with Gasteiger partial charge in [-0.1, -0.05) is 19.1 Å². The number of aryl methyl sites for hydroxylation is 3. The fourth-order valence-corrected chi connectivity index (χ4v) is 3.01. The number of nitrogens with one attached hydrogen (secondary N) is 1. The number of benzene rings is 1. The number of fused-ring (bicyclic) bond motifs is 1. The number of amides is 1. The van der Waals surface area contributed by atoms with Gasteiger partial charge in [0.2, 0.25) is 5.88 Å². The van der Waals surface area contributed by atoms with E-state index in [1.54, 1.807) is 12.1 Å². The molecular weight excluding hydrogens is 385 g/mol. The molecule has 0 radical (unpaired) electrons. The smallest absolute Gasteiger partial charge is 0.417 e. The second kappa shape index (κ2) is 7.73. The normalized spacial score (nSPS) is 12.8. The van der Waals surface area contributed by atoms with E-state index in [9.17, 15) is 18.0 Å². The Kier molecular flexibility index (Phi) is 5.50. The predicted molar refractivity (Wildman–Crippen MR) is 103 cm³/mol. The van der Waals surface area contributed by atoms with E-state index >= 15 is 0 Å². The number of hydrogen-bond acceptors (Lipinski definition) is 4. The molecule has 29 heavy (non-hydrogen) atoms. The summed E-state index contributed by atoms with van der Waals surface area (Å²) in [7, 11) is 1.50. The number of halogens is 3. The van der Waals surface area contributed by atoms with Crippen molar-refractivity contribution in [3.05, 3.63) is 47.2 Å². The third kappa shape index (κ3) is 4.33. The van der Waals surface area contributed by atoms with Gasteiger partial charge in [0.15, 0.2) is 11.8 Å². The zero-order valence-electron chi connectivity index (χ0n) is 16.5. The fourth-order valence-electron chi connectivity index (χ4n) is 3.01. The van der Waals surface area contributed by atoms with Gasteiger partial charge in [-0.3, -0.25) is 9.48 Å². The quantitative estimate of drug-likeness (QED) is 0.687. The van der Waals surface area contributed by atoms with Crippen molar-refractivity contribution in [3.8, 4) is 5.88 Å². The molecule has 9 heteroatoms. The van der Waals surface area contributed by atoms with Crippen LogP contribution in [0.3, 0.4) is 0 Å². The summed E-state index contributed by atoms with van der Waals surface area (Å²) in [5, 5.41) is 6.61. The van der Waals surface area contributed by atoms with Crippen LogP contribution in [-0.2, 0) is 24.4 Å². The van der Waals surface area contributed by atoms with Crippen LogP contribution in [0.5, 0.6) is 5.88 Å². The van der Waals surface area contributed by atoms with Gasteiger partial charge in [-0.05, 0) is 38.0 Å². The molecule has 0 unspecified atom stereocenters. The Bertz CT molecular complexity index is 1040. The predicted octanol–water partition coefficient (Wildman–Crippen LogP) is 4.26. The van der Waals surface area contributed by atoms with Crippen molar-refractivity contribution in [2.24, 2.45) is 7.05 Å². The highest BCUT2D eigenvalue weighted by molar-refractivity contribution is 5.94. The Morgan fingerprint density at radius 3 is 2.52 bits per heavy atom. The average Bonchev–Trinajstić information content (AvgIpc) is 2.94. The first kappa shape index (κ1) is 20.6. The fraction of sp³-hybridized carbons (Fsp3) is 0.350. The number of rotatable bonds is 5. The number of alkyl halides is 3. The summed E-state index contributed by atoms with van der Waals surface area (Å²) >= 11 is 0. The Morgan fingerprint density at radius 1 is 1.28 bits per heavy atom. The van der Waals surface area contributed by atoms with Crippen LogP contribution in [0.1, 0.15) is 30.7 Å². The van der Waals surface area contributed by atoms with Gasteiger partial charge in [-0.2, -0.15) is 23.3 Å². The number of aromatic nitrogens is 3. The highest BCUT2D eigenvalue weighted by atomic mass is 19.4. The van der Waals surface area contributed by atoms with E-state index in [0.29, 0.717) is 5.69 Å². The number of pyridine rings is 1. The van der Waals surface area contributed by atoms with Gasteiger partial charge in [-0.25, -0.2) is 0 Å². The van der Waals surface area contributed by atoms with Gasteiger partial charge >= 0.3 is 6.18 Å². The first-order chi connectivity index (χ1) is 13.6. The van der Waals surface area contributed by atoms with Crippen molar-refractivity contribution in [2.45, 2.75) is 39.5 Å². The van der Waals surface area contributed by atoms with Crippen LogP contribution in [0, 0.1) is 6.92 Å². The minimum absolute atomic E-state index is 0.0371. The lowest BCUT2D eigenvalue weighted by Gasteiger charge is -2.16. The highest BCUT2D eigenvalue weighted by Gasteiger charge is 2.36. The summed E-state index contributed by atoms with van der Waals surface area (Å²) in [6.07, 6.45) is -4.79.